The van der Waals surface area contributed by atoms with Crippen molar-refractivity contribution in [2.24, 2.45) is 0 Å². The maximum atomic E-state index is 4.31. The predicted octanol–water partition coefficient (Wildman–Crippen LogP) is 3.42. The van der Waals surface area contributed by atoms with Crippen LogP contribution in [0.1, 0.15) is 49.1 Å². The van der Waals surface area contributed by atoms with Crippen LogP contribution in [0.4, 0.5) is 0 Å². The van der Waals surface area contributed by atoms with Crippen molar-refractivity contribution in [2.75, 3.05) is 6.54 Å². The molecule has 1 aliphatic heterocycles. The van der Waals surface area contributed by atoms with Crippen LogP contribution >= 0.6 is 0 Å². The van der Waals surface area contributed by atoms with Gasteiger partial charge in [-0.1, -0.05) is 25.0 Å². The molecule has 0 amide bonds. The van der Waals surface area contributed by atoms with Crippen LogP contribution in [-0.4, -0.2) is 22.8 Å². The molecule has 0 bridgehead atoms. The summed E-state index contributed by atoms with van der Waals surface area (Å²) in [5.41, 5.74) is 3.95. The molecule has 1 aromatic carbocycles. The molecule has 0 spiro atoms. The first kappa shape index (κ1) is 13.2. The van der Waals surface area contributed by atoms with Gasteiger partial charge in [0.25, 0.3) is 0 Å². The molecule has 1 aliphatic carbocycles. The number of fused-ring (bicyclic) bond motifs is 2. The normalized spacial score (nSPS) is 28.8. The SMILES string of the molecule is Cc1nnc(C)c2cc(C34CCCCC3NCC4)ccc12. The van der Waals surface area contributed by atoms with Crippen molar-refractivity contribution in [3.05, 3.63) is 35.2 Å². The summed E-state index contributed by atoms with van der Waals surface area (Å²) in [5.74, 6) is 0. The molecule has 2 atom stereocenters. The summed E-state index contributed by atoms with van der Waals surface area (Å²) < 4.78 is 0. The minimum Gasteiger partial charge on any atom is -0.313 e. The van der Waals surface area contributed by atoms with Crippen molar-refractivity contribution in [3.63, 3.8) is 0 Å². The first-order valence-corrected chi connectivity index (χ1v) is 8.18. The molecule has 1 N–H and O–H groups in total. The Kier molecular flexibility index (Phi) is 3.00. The standard InChI is InChI=1S/C18H23N3/c1-12-15-7-6-14(11-16(15)13(2)21-20-12)18-8-4-3-5-17(18)19-10-9-18/h6-7,11,17,19H,3-5,8-10H2,1-2H3. The van der Waals surface area contributed by atoms with E-state index in [-0.39, 0.29) is 0 Å². The van der Waals surface area contributed by atoms with Crippen molar-refractivity contribution < 1.29 is 0 Å². The molecule has 2 aromatic rings. The molecule has 1 saturated carbocycles. The number of nitrogens with zero attached hydrogens (tertiary/aromatic N) is 2. The fourth-order valence-electron chi connectivity index (χ4n) is 4.52. The molecule has 2 fully saturated rings. The van der Waals surface area contributed by atoms with E-state index in [0.717, 1.165) is 17.9 Å². The van der Waals surface area contributed by atoms with E-state index in [1.54, 1.807) is 0 Å². The molecule has 4 rings (SSSR count). The van der Waals surface area contributed by atoms with Gasteiger partial charge < -0.3 is 5.32 Å². The number of rotatable bonds is 1. The minimum atomic E-state index is 0.357. The van der Waals surface area contributed by atoms with Crippen LogP contribution in [0.15, 0.2) is 18.2 Å². The summed E-state index contributed by atoms with van der Waals surface area (Å²) in [6.07, 6.45) is 6.66. The van der Waals surface area contributed by atoms with E-state index < -0.39 is 0 Å². The van der Waals surface area contributed by atoms with Gasteiger partial charge in [0, 0.05) is 22.2 Å². The van der Waals surface area contributed by atoms with Crippen LogP contribution in [-0.2, 0) is 5.41 Å². The smallest absolute Gasteiger partial charge is 0.0678 e. The van der Waals surface area contributed by atoms with Crippen molar-refractivity contribution in [1.29, 1.82) is 0 Å². The third kappa shape index (κ3) is 1.90. The Morgan fingerprint density at radius 3 is 2.71 bits per heavy atom. The number of hydrogen-bond donors (Lipinski definition) is 1. The molecule has 1 saturated heterocycles. The second kappa shape index (κ2) is 4.77. The molecule has 110 valence electrons. The lowest BCUT2D eigenvalue weighted by molar-refractivity contribution is 0.267. The second-order valence-corrected chi connectivity index (χ2v) is 6.79. The quantitative estimate of drug-likeness (QED) is 0.870. The Morgan fingerprint density at radius 1 is 1.05 bits per heavy atom. The van der Waals surface area contributed by atoms with E-state index in [2.05, 4.69) is 40.6 Å². The molecule has 21 heavy (non-hydrogen) atoms. The maximum Gasteiger partial charge on any atom is 0.0678 e. The molecule has 3 heteroatoms. The van der Waals surface area contributed by atoms with Crippen LogP contribution in [0.5, 0.6) is 0 Å². The third-order valence-electron chi connectivity index (χ3n) is 5.72. The van der Waals surface area contributed by atoms with Gasteiger partial charge in [-0.15, -0.1) is 0 Å². The van der Waals surface area contributed by atoms with Gasteiger partial charge in [-0.2, -0.15) is 10.2 Å². The summed E-state index contributed by atoms with van der Waals surface area (Å²) in [6.45, 7) is 5.28. The molecular formula is C18H23N3. The van der Waals surface area contributed by atoms with E-state index in [4.69, 9.17) is 0 Å². The summed E-state index contributed by atoms with van der Waals surface area (Å²) in [5, 5.41) is 14.8. The summed E-state index contributed by atoms with van der Waals surface area (Å²) in [7, 11) is 0. The van der Waals surface area contributed by atoms with E-state index in [1.165, 1.54) is 48.4 Å². The van der Waals surface area contributed by atoms with E-state index in [9.17, 15) is 0 Å². The van der Waals surface area contributed by atoms with Crippen LogP contribution in [0.25, 0.3) is 10.8 Å². The zero-order valence-corrected chi connectivity index (χ0v) is 12.9. The fourth-order valence-corrected chi connectivity index (χ4v) is 4.52. The van der Waals surface area contributed by atoms with Gasteiger partial charge in [0.1, 0.15) is 0 Å². The maximum absolute atomic E-state index is 4.31. The first-order valence-electron chi connectivity index (χ1n) is 8.18. The highest BCUT2D eigenvalue weighted by Crippen LogP contribution is 2.45. The number of hydrogen-bond acceptors (Lipinski definition) is 3. The van der Waals surface area contributed by atoms with E-state index in [1.807, 2.05) is 6.92 Å². The summed E-state index contributed by atoms with van der Waals surface area (Å²) >= 11 is 0. The van der Waals surface area contributed by atoms with E-state index in [0.29, 0.717) is 11.5 Å². The van der Waals surface area contributed by atoms with Crippen molar-refractivity contribution in [2.45, 2.75) is 57.4 Å². The number of benzene rings is 1. The van der Waals surface area contributed by atoms with Gasteiger partial charge in [0.2, 0.25) is 0 Å². The lowest BCUT2D eigenvalue weighted by Gasteiger charge is -2.39. The van der Waals surface area contributed by atoms with Gasteiger partial charge >= 0.3 is 0 Å². The highest BCUT2D eigenvalue weighted by molar-refractivity contribution is 5.86. The molecule has 3 nitrogen and oxygen atoms in total. The molecule has 1 aromatic heterocycles. The van der Waals surface area contributed by atoms with Crippen molar-refractivity contribution >= 4 is 10.8 Å². The van der Waals surface area contributed by atoms with Gasteiger partial charge in [-0.25, -0.2) is 0 Å². The molecule has 2 aliphatic rings. The van der Waals surface area contributed by atoms with Gasteiger partial charge in [-0.05, 0) is 51.3 Å². The monoisotopic (exact) mass is 281 g/mol. The Balaban J connectivity index is 1.89. The van der Waals surface area contributed by atoms with Crippen LogP contribution in [0.3, 0.4) is 0 Å². The highest BCUT2D eigenvalue weighted by Gasteiger charge is 2.45. The highest BCUT2D eigenvalue weighted by atomic mass is 15.1. The lowest BCUT2D eigenvalue weighted by Crippen LogP contribution is -2.42. The zero-order chi connectivity index (χ0) is 14.4. The lowest BCUT2D eigenvalue weighted by atomic mass is 9.66. The fraction of sp³-hybridized carbons (Fsp3) is 0.556. The average molecular weight is 281 g/mol. The number of aryl methyl sites for hydroxylation is 2. The Bertz CT molecular complexity index is 694. The number of aromatic nitrogens is 2. The third-order valence-corrected chi connectivity index (χ3v) is 5.72. The largest absolute Gasteiger partial charge is 0.313 e. The molecule has 2 unspecified atom stereocenters. The van der Waals surface area contributed by atoms with E-state index >= 15 is 0 Å². The van der Waals surface area contributed by atoms with Crippen molar-refractivity contribution in [1.82, 2.24) is 15.5 Å². The summed E-state index contributed by atoms with van der Waals surface area (Å²) in [6, 6.07) is 7.68. The minimum absolute atomic E-state index is 0.357. The molecule has 2 heterocycles. The van der Waals surface area contributed by atoms with Gasteiger partial charge in [-0.3, -0.25) is 0 Å². The zero-order valence-electron chi connectivity index (χ0n) is 12.9. The van der Waals surface area contributed by atoms with Crippen LogP contribution in [0.2, 0.25) is 0 Å². The van der Waals surface area contributed by atoms with Gasteiger partial charge in [0.05, 0.1) is 11.4 Å². The van der Waals surface area contributed by atoms with Crippen LogP contribution in [0, 0.1) is 13.8 Å². The predicted molar refractivity (Wildman–Crippen MR) is 85.6 cm³/mol. The Morgan fingerprint density at radius 2 is 1.86 bits per heavy atom. The summed E-state index contributed by atoms with van der Waals surface area (Å²) in [4.78, 5) is 0. The topological polar surface area (TPSA) is 37.8 Å². The van der Waals surface area contributed by atoms with Gasteiger partial charge in [0.15, 0.2) is 0 Å². The number of nitrogens with one attached hydrogen (secondary N) is 1. The molecule has 0 radical (unpaired) electrons. The second-order valence-electron chi connectivity index (χ2n) is 6.79. The van der Waals surface area contributed by atoms with Crippen molar-refractivity contribution in [3.8, 4) is 0 Å². The molecular weight excluding hydrogens is 258 g/mol. The van der Waals surface area contributed by atoms with Crippen LogP contribution < -0.4 is 5.32 Å². The Labute approximate surface area is 126 Å². The average Bonchev–Trinajstić information content (AvgIpc) is 2.96. The first-order chi connectivity index (χ1) is 10.2. The Hall–Kier alpha value is -1.48.